The van der Waals surface area contributed by atoms with E-state index in [1.165, 1.54) is 6.07 Å². The van der Waals surface area contributed by atoms with Crippen LogP contribution in [0.4, 0.5) is 4.39 Å². The third-order valence-corrected chi connectivity index (χ3v) is 3.57. The number of hydrogen-bond acceptors (Lipinski definition) is 3. The van der Waals surface area contributed by atoms with E-state index in [9.17, 15) is 4.39 Å². The molecule has 2 rings (SSSR count). The smallest absolute Gasteiger partial charge is 0.193 e. The van der Waals surface area contributed by atoms with Gasteiger partial charge >= 0.3 is 0 Å². The van der Waals surface area contributed by atoms with Crippen molar-refractivity contribution in [2.75, 3.05) is 20.6 Å². The van der Waals surface area contributed by atoms with Crippen LogP contribution in [-0.2, 0) is 20.0 Å². The molecule has 0 radical (unpaired) electrons. The summed E-state index contributed by atoms with van der Waals surface area (Å²) < 4.78 is 14.9. The van der Waals surface area contributed by atoms with Crippen LogP contribution in [0.1, 0.15) is 17.8 Å². The zero-order chi connectivity index (χ0) is 16.7. The molecule has 1 aromatic carbocycles. The van der Waals surface area contributed by atoms with Gasteiger partial charge in [0.25, 0.3) is 0 Å². The molecule has 23 heavy (non-hydrogen) atoms. The van der Waals surface area contributed by atoms with Gasteiger partial charge in [0.2, 0.25) is 0 Å². The van der Waals surface area contributed by atoms with Crippen molar-refractivity contribution in [3.8, 4) is 0 Å². The van der Waals surface area contributed by atoms with E-state index in [2.05, 4.69) is 20.4 Å². The Hall–Kier alpha value is -2.44. The lowest BCUT2D eigenvalue weighted by atomic mass is 10.1. The van der Waals surface area contributed by atoms with Crippen LogP contribution in [0, 0.1) is 5.82 Å². The first kappa shape index (κ1) is 16.9. The number of halogens is 1. The first-order valence-corrected chi connectivity index (χ1v) is 7.59. The first-order chi connectivity index (χ1) is 11.1. The van der Waals surface area contributed by atoms with E-state index in [1.54, 1.807) is 30.2 Å². The molecule has 0 amide bonds. The Labute approximate surface area is 136 Å². The Morgan fingerprint density at radius 2 is 2.26 bits per heavy atom. The topological polar surface area (TPSA) is 58.3 Å². The maximum absolute atomic E-state index is 13.1. The Balaban J connectivity index is 1.77. The molecule has 0 fully saturated rings. The van der Waals surface area contributed by atoms with Gasteiger partial charge in [0.05, 0.1) is 6.54 Å². The molecule has 0 aliphatic carbocycles. The number of benzene rings is 1. The third kappa shape index (κ3) is 5.05. The van der Waals surface area contributed by atoms with E-state index in [4.69, 9.17) is 0 Å². The summed E-state index contributed by atoms with van der Waals surface area (Å²) in [5.74, 6) is 1.48. The Bertz CT molecular complexity index is 652. The molecule has 1 heterocycles. The summed E-state index contributed by atoms with van der Waals surface area (Å²) in [6, 6.07) is 6.73. The summed E-state index contributed by atoms with van der Waals surface area (Å²) >= 11 is 0. The molecule has 1 N–H and O–H groups in total. The Kier molecular flexibility index (Phi) is 6.08. The minimum absolute atomic E-state index is 0.185. The molecule has 0 saturated heterocycles. The highest BCUT2D eigenvalue weighted by molar-refractivity contribution is 5.79. The van der Waals surface area contributed by atoms with Crippen LogP contribution in [-0.4, -0.2) is 46.3 Å². The van der Waals surface area contributed by atoms with Gasteiger partial charge in [0.1, 0.15) is 18.0 Å². The second-order valence-electron chi connectivity index (χ2n) is 5.36. The van der Waals surface area contributed by atoms with Gasteiger partial charge in [-0.1, -0.05) is 12.1 Å². The second kappa shape index (κ2) is 8.26. The number of hydrogen-bond donors (Lipinski definition) is 1. The number of nitrogens with zero attached hydrogens (tertiary/aromatic N) is 5. The zero-order valence-corrected chi connectivity index (χ0v) is 13.8. The third-order valence-electron chi connectivity index (χ3n) is 3.57. The summed E-state index contributed by atoms with van der Waals surface area (Å²) in [7, 11) is 5.57. The summed E-state index contributed by atoms with van der Waals surface area (Å²) in [6.07, 6.45) is 3.27. The highest BCUT2D eigenvalue weighted by atomic mass is 19.1. The summed E-state index contributed by atoms with van der Waals surface area (Å²) in [4.78, 5) is 10.5. The molecule has 0 saturated carbocycles. The van der Waals surface area contributed by atoms with Crippen LogP contribution < -0.4 is 5.32 Å². The van der Waals surface area contributed by atoms with E-state index in [1.807, 2.05) is 25.1 Å². The summed E-state index contributed by atoms with van der Waals surface area (Å²) in [5.41, 5.74) is 1.01. The normalized spacial score (nSPS) is 11.6. The molecule has 124 valence electrons. The molecular weight excluding hydrogens is 295 g/mol. The molecule has 0 spiro atoms. The van der Waals surface area contributed by atoms with Crippen molar-refractivity contribution in [3.05, 3.63) is 47.8 Å². The Morgan fingerprint density at radius 3 is 2.91 bits per heavy atom. The van der Waals surface area contributed by atoms with Gasteiger partial charge in [-0.25, -0.2) is 9.37 Å². The van der Waals surface area contributed by atoms with Crippen molar-refractivity contribution in [3.63, 3.8) is 0 Å². The van der Waals surface area contributed by atoms with Crippen molar-refractivity contribution in [1.29, 1.82) is 0 Å². The van der Waals surface area contributed by atoms with Gasteiger partial charge in [-0.05, 0) is 30.5 Å². The highest BCUT2D eigenvalue weighted by Crippen LogP contribution is 2.05. The van der Waals surface area contributed by atoms with Crippen molar-refractivity contribution in [2.24, 2.45) is 12.0 Å². The molecule has 0 unspecified atom stereocenters. The molecule has 0 aliphatic rings. The molecular formula is C16H23FN6. The fraction of sp³-hybridized carbons (Fsp3) is 0.438. The zero-order valence-electron chi connectivity index (χ0n) is 13.8. The average Bonchev–Trinajstić information content (AvgIpc) is 2.92. The van der Waals surface area contributed by atoms with E-state index < -0.39 is 0 Å². The second-order valence-corrected chi connectivity index (χ2v) is 5.36. The van der Waals surface area contributed by atoms with Gasteiger partial charge < -0.3 is 10.2 Å². The van der Waals surface area contributed by atoms with Crippen LogP contribution in [0.2, 0.25) is 0 Å². The number of guanidine groups is 1. The van der Waals surface area contributed by atoms with Gasteiger partial charge in [0.15, 0.2) is 5.96 Å². The fourth-order valence-corrected chi connectivity index (χ4v) is 2.32. The highest BCUT2D eigenvalue weighted by Gasteiger charge is 2.09. The van der Waals surface area contributed by atoms with Crippen molar-refractivity contribution in [1.82, 2.24) is 25.0 Å². The standard InChI is InChI=1S/C16H23FN6/c1-18-16(22(2)11-15-20-12-21-23(15)3)19-9-5-7-13-6-4-8-14(17)10-13/h4,6,8,10,12H,5,7,9,11H2,1-3H3,(H,18,19). The maximum atomic E-state index is 13.1. The van der Waals surface area contributed by atoms with E-state index in [0.29, 0.717) is 6.54 Å². The molecule has 1 aromatic heterocycles. The summed E-state index contributed by atoms with van der Waals surface area (Å²) in [6.45, 7) is 1.40. The van der Waals surface area contributed by atoms with Crippen LogP contribution in [0.3, 0.4) is 0 Å². The maximum Gasteiger partial charge on any atom is 0.193 e. The van der Waals surface area contributed by atoms with Gasteiger partial charge in [-0.3, -0.25) is 9.67 Å². The molecule has 0 bridgehead atoms. The molecule has 6 nitrogen and oxygen atoms in total. The Morgan fingerprint density at radius 1 is 1.43 bits per heavy atom. The van der Waals surface area contributed by atoms with E-state index >= 15 is 0 Å². The van der Waals surface area contributed by atoms with Gasteiger partial charge in [0, 0.05) is 27.7 Å². The quantitative estimate of drug-likeness (QED) is 0.499. The minimum Gasteiger partial charge on any atom is -0.356 e. The molecule has 7 heteroatoms. The predicted octanol–water partition coefficient (Wildman–Crippen LogP) is 1.59. The number of rotatable bonds is 6. The van der Waals surface area contributed by atoms with Crippen molar-refractivity contribution < 1.29 is 4.39 Å². The summed E-state index contributed by atoms with van der Waals surface area (Å²) in [5, 5.41) is 7.37. The number of aliphatic imine (C=N–C) groups is 1. The molecule has 0 atom stereocenters. The number of aromatic nitrogens is 3. The lowest BCUT2D eigenvalue weighted by molar-refractivity contribution is 0.448. The van der Waals surface area contributed by atoms with Gasteiger partial charge in [-0.15, -0.1) is 0 Å². The van der Waals surface area contributed by atoms with Crippen LogP contribution in [0.15, 0.2) is 35.6 Å². The van der Waals surface area contributed by atoms with E-state index in [0.717, 1.165) is 36.7 Å². The van der Waals surface area contributed by atoms with Crippen LogP contribution >= 0.6 is 0 Å². The monoisotopic (exact) mass is 318 g/mol. The first-order valence-electron chi connectivity index (χ1n) is 7.59. The van der Waals surface area contributed by atoms with Gasteiger partial charge in [-0.2, -0.15) is 5.10 Å². The predicted molar refractivity (Wildman–Crippen MR) is 88.6 cm³/mol. The lowest BCUT2D eigenvalue weighted by Crippen LogP contribution is -2.39. The van der Waals surface area contributed by atoms with Crippen LogP contribution in [0.25, 0.3) is 0 Å². The fourth-order valence-electron chi connectivity index (χ4n) is 2.32. The van der Waals surface area contributed by atoms with E-state index in [-0.39, 0.29) is 5.82 Å². The average molecular weight is 318 g/mol. The number of aryl methyl sites for hydroxylation is 2. The lowest BCUT2D eigenvalue weighted by Gasteiger charge is -2.21. The van der Waals surface area contributed by atoms with Crippen molar-refractivity contribution in [2.45, 2.75) is 19.4 Å². The van der Waals surface area contributed by atoms with Crippen LogP contribution in [0.5, 0.6) is 0 Å². The molecule has 2 aromatic rings. The largest absolute Gasteiger partial charge is 0.356 e. The minimum atomic E-state index is -0.185. The molecule has 0 aliphatic heterocycles. The van der Waals surface area contributed by atoms with Crippen molar-refractivity contribution >= 4 is 5.96 Å². The SMILES string of the molecule is CN=C(NCCCc1cccc(F)c1)N(C)Cc1ncnn1C. The number of nitrogens with one attached hydrogen (secondary N) is 1.